The van der Waals surface area contributed by atoms with Crippen LogP contribution in [0.3, 0.4) is 0 Å². The minimum Gasteiger partial charge on any atom is -0.481 e. The highest BCUT2D eigenvalue weighted by molar-refractivity contribution is 5.88. The molecule has 0 unspecified atom stereocenters. The van der Waals surface area contributed by atoms with Gasteiger partial charge in [-0.2, -0.15) is 0 Å². The van der Waals surface area contributed by atoms with E-state index in [1.807, 2.05) is 13.0 Å². The Morgan fingerprint density at radius 1 is 1.46 bits per heavy atom. The van der Waals surface area contributed by atoms with Gasteiger partial charge in [0.2, 0.25) is 5.88 Å². The van der Waals surface area contributed by atoms with Crippen LogP contribution in [0.4, 0.5) is 10.6 Å². The number of amides is 2. The third-order valence-corrected chi connectivity index (χ3v) is 4.04. The van der Waals surface area contributed by atoms with E-state index in [9.17, 15) is 4.79 Å². The van der Waals surface area contributed by atoms with Gasteiger partial charge in [-0.05, 0) is 19.4 Å². The number of methoxy groups -OCH3 is 1. The summed E-state index contributed by atoms with van der Waals surface area (Å²) in [6.07, 6.45) is 2.19. The Balaban J connectivity index is 1.64. The monoisotopic (exact) mass is 332 g/mol. The maximum absolute atomic E-state index is 12.2. The first-order valence-electron chi connectivity index (χ1n) is 7.64. The second kappa shape index (κ2) is 6.83. The van der Waals surface area contributed by atoms with Gasteiger partial charge in [0.15, 0.2) is 5.82 Å². The lowest BCUT2D eigenvalue weighted by Crippen LogP contribution is -2.39. The van der Waals surface area contributed by atoms with E-state index in [1.165, 1.54) is 0 Å². The molecule has 1 saturated heterocycles. The van der Waals surface area contributed by atoms with Crippen LogP contribution >= 0.6 is 0 Å². The minimum atomic E-state index is -0.333. The van der Waals surface area contributed by atoms with Crippen molar-refractivity contribution in [3.8, 4) is 5.88 Å². The number of nitrogens with one attached hydrogen (secondary N) is 2. The Morgan fingerprint density at radius 3 is 2.92 bits per heavy atom. The summed E-state index contributed by atoms with van der Waals surface area (Å²) in [5, 5.41) is 13.4. The standard InChI is InChI=1S/C15H20N6O3/c1-9-14(19-20-21(9)2)18-15(22)17-11-6-7-24-13(11)10-4-5-12(23-3)16-8-10/h4-5,8,11,13H,6-7H2,1-3H3,(H2,17,18,22)/t11-,13+/m1/s1. The summed E-state index contributed by atoms with van der Waals surface area (Å²) >= 11 is 0. The Labute approximate surface area is 139 Å². The molecule has 3 heterocycles. The van der Waals surface area contributed by atoms with Crippen LogP contribution in [0, 0.1) is 6.92 Å². The van der Waals surface area contributed by atoms with Crippen LogP contribution in [0.2, 0.25) is 0 Å². The predicted octanol–water partition coefficient (Wildman–Crippen LogP) is 1.18. The first-order chi connectivity index (χ1) is 11.6. The van der Waals surface area contributed by atoms with Gasteiger partial charge in [0.25, 0.3) is 0 Å². The molecule has 1 fully saturated rings. The average Bonchev–Trinajstić information content (AvgIpc) is 3.17. The van der Waals surface area contributed by atoms with Crippen molar-refractivity contribution in [1.29, 1.82) is 0 Å². The van der Waals surface area contributed by atoms with Crippen LogP contribution in [0.1, 0.15) is 23.8 Å². The number of anilines is 1. The largest absolute Gasteiger partial charge is 0.481 e. The lowest BCUT2D eigenvalue weighted by Gasteiger charge is -2.20. The van der Waals surface area contributed by atoms with Crippen molar-refractivity contribution in [2.75, 3.05) is 19.0 Å². The van der Waals surface area contributed by atoms with Crippen molar-refractivity contribution in [1.82, 2.24) is 25.3 Å². The number of carbonyl (C=O) groups is 1. The molecule has 2 atom stereocenters. The summed E-state index contributed by atoms with van der Waals surface area (Å²) < 4.78 is 12.4. The van der Waals surface area contributed by atoms with Gasteiger partial charge in [-0.25, -0.2) is 9.78 Å². The zero-order valence-electron chi connectivity index (χ0n) is 13.8. The fourth-order valence-electron chi connectivity index (χ4n) is 2.58. The van der Waals surface area contributed by atoms with Crippen LogP contribution in [0.15, 0.2) is 18.3 Å². The molecule has 0 spiro atoms. The fourth-order valence-corrected chi connectivity index (χ4v) is 2.58. The number of hydrogen-bond acceptors (Lipinski definition) is 6. The van der Waals surface area contributed by atoms with E-state index in [1.54, 1.807) is 31.1 Å². The van der Waals surface area contributed by atoms with Gasteiger partial charge < -0.3 is 14.8 Å². The van der Waals surface area contributed by atoms with Crippen LogP contribution in [-0.4, -0.2) is 45.8 Å². The van der Waals surface area contributed by atoms with E-state index in [4.69, 9.17) is 9.47 Å². The maximum atomic E-state index is 12.2. The number of ether oxygens (including phenoxy) is 2. The quantitative estimate of drug-likeness (QED) is 0.871. The number of carbonyl (C=O) groups excluding carboxylic acids is 1. The summed E-state index contributed by atoms with van der Waals surface area (Å²) in [6, 6.07) is 3.19. The molecule has 1 aliphatic rings. The third-order valence-electron chi connectivity index (χ3n) is 4.04. The number of pyridine rings is 1. The number of aromatic nitrogens is 4. The molecule has 0 saturated carbocycles. The fraction of sp³-hybridized carbons (Fsp3) is 0.467. The predicted molar refractivity (Wildman–Crippen MR) is 85.8 cm³/mol. The molecule has 9 nitrogen and oxygen atoms in total. The molecule has 2 N–H and O–H groups in total. The van der Waals surface area contributed by atoms with Crippen molar-refractivity contribution in [3.05, 3.63) is 29.6 Å². The Hall–Kier alpha value is -2.68. The van der Waals surface area contributed by atoms with Crippen molar-refractivity contribution >= 4 is 11.8 Å². The van der Waals surface area contributed by atoms with Crippen LogP contribution < -0.4 is 15.4 Å². The van der Waals surface area contributed by atoms with Crippen LogP contribution in [-0.2, 0) is 11.8 Å². The summed E-state index contributed by atoms with van der Waals surface area (Å²) in [4.78, 5) is 16.4. The number of urea groups is 1. The summed E-state index contributed by atoms with van der Waals surface area (Å²) in [5.41, 5.74) is 1.68. The zero-order valence-corrected chi connectivity index (χ0v) is 13.8. The first-order valence-corrected chi connectivity index (χ1v) is 7.64. The molecule has 9 heteroatoms. The molecule has 128 valence electrons. The van der Waals surface area contributed by atoms with E-state index in [0.717, 1.165) is 17.7 Å². The minimum absolute atomic E-state index is 0.142. The molecule has 0 aliphatic carbocycles. The summed E-state index contributed by atoms with van der Waals surface area (Å²) in [5.74, 6) is 0.980. The first kappa shape index (κ1) is 16.2. The smallest absolute Gasteiger partial charge is 0.320 e. The summed E-state index contributed by atoms with van der Waals surface area (Å²) in [7, 11) is 3.33. The molecule has 0 bridgehead atoms. The van der Waals surface area contributed by atoms with E-state index in [0.29, 0.717) is 18.3 Å². The van der Waals surface area contributed by atoms with E-state index in [-0.39, 0.29) is 18.2 Å². The van der Waals surface area contributed by atoms with Crippen LogP contribution in [0.25, 0.3) is 0 Å². The highest BCUT2D eigenvalue weighted by Gasteiger charge is 2.31. The molecule has 2 aromatic heterocycles. The number of hydrogen-bond donors (Lipinski definition) is 2. The average molecular weight is 332 g/mol. The van der Waals surface area contributed by atoms with Gasteiger partial charge >= 0.3 is 6.03 Å². The maximum Gasteiger partial charge on any atom is 0.320 e. The van der Waals surface area contributed by atoms with Crippen molar-refractivity contribution in [2.24, 2.45) is 7.05 Å². The number of nitrogens with zero attached hydrogens (tertiary/aromatic N) is 4. The molecule has 2 amide bonds. The highest BCUT2D eigenvalue weighted by Crippen LogP contribution is 2.29. The highest BCUT2D eigenvalue weighted by atomic mass is 16.5. The molecule has 24 heavy (non-hydrogen) atoms. The SMILES string of the molecule is COc1ccc([C@@H]2OCC[C@H]2NC(=O)Nc2nnn(C)c2C)cn1. The Morgan fingerprint density at radius 2 is 2.29 bits per heavy atom. The lowest BCUT2D eigenvalue weighted by atomic mass is 10.0. The van der Waals surface area contributed by atoms with Gasteiger partial charge in [0.05, 0.1) is 18.8 Å². The molecule has 3 rings (SSSR count). The zero-order chi connectivity index (χ0) is 17.1. The third kappa shape index (κ3) is 3.30. The van der Waals surface area contributed by atoms with Crippen molar-refractivity contribution in [2.45, 2.75) is 25.5 Å². The lowest BCUT2D eigenvalue weighted by molar-refractivity contribution is 0.100. The molecule has 0 aromatic carbocycles. The van der Waals surface area contributed by atoms with E-state index in [2.05, 4.69) is 25.9 Å². The van der Waals surface area contributed by atoms with Gasteiger partial charge in [-0.1, -0.05) is 5.21 Å². The van der Waals surface area contributed by atoms with Gasteiger partial charge in [-0.3, -0.25) is 10.00 Å². The van der Waals surface area contributed by atoms with Crippen LogP contribution in [0.5, 0.6) is 5.88 Å². The Kier molecular flexibility index (Phi) is 4.61. The molecular weight excluding hydrogens is 312 g/mol. The molecule has 2 aromatic rings. The van der Waals surface area contributed by atoms with Crippen molar-refractivity contribution < 1.29 is 14.3 Å². The topological polar surface area (TPSA) is 103 Å². The molecular formula is C15H20N6O3. The number of aryl methyl sites for hydroxylation is 1. The molecule has 0 radical (unpaired) electrons. The van der Waals surface area contributed by atoms with Crippen molar-refractivity contribution in [3.63, 3.8) is 0 Å². The Bertz CT molecular complexity index is 714. The molecule has 1 aliphatic heterocycles. The van der Waals surface area contributed by atoms with E-state index >= 15 is 0 Å². The second-order valence-electron chi connectivity index (χ2n) is 5.57. The van der Waals surface area contributed by atoms with Gasteiger partial charge in [0, 0.05) is 31.5 Å². The summed E-state index contributed by atoms with van der Waals surface area (Å²) in [6.45, 7) is 2.41. The number of rotatable bonds is 4. The normalized spacial score (nSPS) is 20.0. The van der Waals surface area contributed by atoms with Gasteiger partial charge in [0.1, 0.15) is 6.10 Å². The van der Waals surface area contributed by atoms with Gasteiger partial charge in [-0.15, -0.1) is 5.10 Å². The van der Waals surface area contributed by atoms with E-state index < -0.39 is 0 Å². The second-order valence-corrected chi connectivity index (χ2v) is 5.57.